The maximum atomic E-state index is 13.6. The molecule has 188 valence electrons. The number of halogens is 3. The number of carbonyl (C=O) groups is 1. The summed E-state index contributed by atoms with van der Waals surface area (Å²) in [6.45, 7) is 3.43. The van der Waals surface area contributed by atoms with Crippen molar-refractivity contribution >= 4 is 46.7 Å². The Kier molecular flexibility index (Phi) is 7.67. The SMILES string of the molecule is O=C(NN1CCCCC1)c1nn(-c2ccc(Cl)cc2Cl)c(-c2ccc(Cl)cc2)c1CNC1=NCCN1. The van der Waals surface area contributed by atoms with Gasteiger partial charge in [0.1, 0.15) is 0 Å². The Morgan fingerprint density at radius 1 is 1.00 bits per heavy atom. The van der Waals surface area contributed by atoms with E-state index in [0.717, 1.165) is 43.7 Å². The average molecular weight is 547 g/mol. The monoisotopic (exact) mass is 545 g/mol. The van der Waals surface area contributed by atoms with E-state index in [2.05, 4.69) is 21.1 Å². The van der Waals surface area contributed by atoms with Crippen molar-refractivity contribution in [3.8, 4) is 16.9 Å². The molecule has 0 radical (unpaired) electrons. The molecule has 2 aliphatic heterocycles. The molecule has 2 aliphatic rings. The van der Waals surface area contributed by atoms with Crippen LogP contribution in [0.2, 0.25) is 15.1 Å². The predicted octanol–water partition coefficient (Wildman–Crippen LogP) is 4.68. The Hall–Kier alpha value is -2.78. The summed E-state index contributed by atoms with van der Waals surface area (Å²) in [5.41, 5.74) is 6.25. The van der Waals surface area contributed by atoms with Crippen molar-refractivity contribution < 1.29 is 4.79 Å². The van der Waals surface area contributed by atoms with Crippen LogP contribution in [-0.2, 0) is 6.54 Å². The molecule has 0 bridgehead atoms. The summed E-state index contributed by atoms with van der Waals surface area (Å²) in [4.78, 5) is 18.0. The van der Waals surface area contributed by atoms with Gasteiger partial charge in [-0.3, -0.25) is 15.2 Å². The van der Waals surface area contributed by atoms with E-state index >= 15 is 0 Å². The third-order valence-corrected chi connectivity index (χ3v) is 6.97. The lowest BCUT2D eigenvalue weighted by Crippen LogP contribution is -2.45. The van der Waals surface area contributed by atoms with Gasteiger partial charge in [-0.1, -0.05) is 53.4 Å². The van der Waals surface area contributed by atoms with Crippen LogP contribution in [0.15, 0.2) is 47.5 Å². The highest BCUT2D eigenvalue weighted by Crippen LogP contribution is 2.34. The quantitative estimate of drug-likeness (QED) is 0.418. The fraction of sp³-hybridized carbons (Fsp3) is 0.320. The molecule has 3 N–H and O–H groups in total. The first-order chi connectivity index (χ1) is 17.5. The molecule has 8 nitrogen and oxygen atoms in total. The molecule has 0 atom stereocenters. The smallest absolute Gasteiger partial charge is 0.286 e. The number of hydrogen-bond acceptors (Lipinski definition) is 6. The largest absolute Gasteiger partial charge is 0.355 e. The number of guanidine groups is 1. The summed E-state index contributed by atoms with van der Waals surface area (Å²) >= 11 is 19.0. The van der Waals surface area contributed by atoms with Crippen LogP contribution in [-0.4, -0.2) is 52.8 Å². The number of piperidine rings is 1. The Bertz CT molecular complexity index is 1280. The molecular formula is C25H26Cl3N7O. The van der Waals surface area contributed by atoms with Crippen molar-refractivity contribution in [1.29, 1.82) is 0 Å². The van der Waals surface area contributed by atoms with Crippen LogP contribution >= 0.6 is 34.8 Å². The maximum Gasteiger partial charge on any atom is 0.286 e. The summed E-state index contributed by atoms with van der Waals surface area (Å²) in [7, 11) is 0. The second-order valence-corrected chi connectivity index (χ2v) is 9.97. The van der Waals surface area contributed by atoms with Crippen molar-refractivity contribution in [2.75, 3.05) is 26.2 Å². The number of benzene rings is 2. The lowest BCUT2D eigenvalue weighted by molar-refractivity contribution is 0.0743. The van der Waals surface area contributed by atoms with Gasteiger partial charge in [0.15, 0.2) is 11.7 Å². The van der Waals surface area contributed by atoms with E-state index in [0.29, 0.717) is 51.1 Å². The first-order valence-corrected chi connectivity index (χ1v) is 13.0. The minimum absolute atomic E-state index is 0.269. The fourth-order valence-electron chi connectivity index (χ4n) is 4.42. The molecule has 3 heterocycles. The topological polar surface area (TPSA) is 86.6 Å². The number of rotatable bonds is 6. The van der Waals surface area contributed by atoms with E-state index in [-0.39, 0.29) is 5.91 Å². The average Bonchev–Trinajstić information content (AvgIpc) is 3.52. The van der Waals surface area contributed by atoms with Gasteiger partial charge in [-0.25, -0.2) is 9.69 Å². The first-order valence-electron chi connectivity index (χ1n) is 11.9. The minimum atomic E-state index is -0.269. The van der Waals surface area contributed by atoms with Crippen LogP contribution in [0.5, 0.6) is 0 Å². The lowest BCUT2D eigenvalue weighted by Gasteiger charge is -2.26. The molecule has 0 unspecified atom stereocenters. The van der Waals surface area contributed by atoms with Crippen molar-refractivity contribution in [2.24, 2.45) is 4.99 Å². The van der Waals surface area contributed by atoms with Gasteiger partial charge in [0.2, 0.25) is 0 Å². The third-order valence-electron chi connectivity index (χ3n) is 6.18. The number of carbonyl (C=O) groups excluding carboxylic acids is 1. The van der Waals surface area contributed by atoms with E-state index in [9.17, 15) is 4.79 Å². The van der Waals surface area contributed by atoms with Crippen molar-refractivity contribution in [3.63, 3.8) is 0 Å². The summed E-state index contributed by atoms with van der Waals surface area (Å²) in [5.74, 6) is 0.422. The molecule has 0 saturated carbocycles. The third kappa shape index (κ3) is 5.47. The normalized spacial score (nSPS) is 15.9. The maximum absolute atomic E-state index is 13.6. The summed E-state index contributed by atoms with van der Waals surface area (Å²) in [6, 6.07) is 12.6. The molecule has 0 aliphatic carbocycles. The van der Waals surface area contributed by atoms with Crippen LogP contribution < -0.4 is 16.1 Å². The number of aromatic nitrogens is 2. The lowest BCUT2D eigenvalue weighted by atomic mass is 10.0. The Morgan fingerprint density at radius 3 is 2.44 bits per heavy atom. The predicted molar refractivity (Wildman–Crippen MR) is 144 cm³/mol. The van der Waals surface area contributed by atoms with Gasteiger partial charge in [0.05, 0.1) is 22.9 Å². The Labute approximate surface area is 224 Å². The second kappa shape index (κ2) is 11.1. The van der Waals surface area contributed by atoms with E-state index in [1.807, 2.05) is 29.3 Å². The van der Waals surface area contributed by atoms with E-state index < -0.39 is 0 Å². The molecule has 3 aromatic rings. The number of nitrogens with zero attached hydrogens (tertiary/aromatic N) is 4. The van der Waals surface area contributed by atoms with E-state index in [4.69, 9.17) is 39.9 Å². The molecule has 1 saturated heterocycles. The highest BCUT2D eigenvalue weighted by atomic mass is 35.5. The van der Waals surface area contributed by atoms with E-state index in [1.165, 1.54) is 6.42 Å². The van der Waals surface area contributed by atoms with Crippen molar-refractivity contribution in [3.05, 3.63) is 68.8 Å². The number of hydrazine groups is 1. The molecule has 0 spiro atoms. The zero-order valence-electron chi connectivity index (χ0n) is 19.5. The van der Waals surface area contributed by atoms with Crippen LogP contribution in [0.4, 0.5) is 0 Å². The summed E-state index contributed by atoms with van der Waals surface area (Å²) in [6.07, 6.45) is 3.26. The number of aliphatic imine (C=N–C) groups is 1. The molecule has 5 rings (SSSR count). The van der Waals surface area contributed by atoms with Gasteiger partial charge >= 0.3 is 0 Å². The van der Waals surface area contributed by atoms with Gasteiger partial charge in [-0.15, -0.1) is 0 Å². The highest BCUT2D eigenvalue weighted by Gasteiger charge is 2.27. The van der Waals surface area contributed by atoms with Crippen molar-refractivity contribution in [2.45, 2.75) is 25.8 Å². The van der Waals surface area contributed by atoms with Crippen LogP contribution in [0.1, 0.15) is 35.3 Å². The van der Waals surface area contributed by atoms with Crippen molar-refractivity contribution in [1.82, 2.24) is 30.8 Å². The van der Waals surface area contributed by atoms with Gasteiger partial charge in [-0.05, 0) is 43.2 Å². The van der Waals surface area contributed by atoms with Crippen LogP contribution in [0, 0.1) is 0 Å². The summed E-state index contributed by atoms with van der Waals surface area (Å²) in [5, 5.41) is 14.8. The molecule has 11 heteroatoms. The molecule has 36 heavy (non-hydrogen) atoms. The number of hydrogen-bond donors (Lipinski definition) is 3. The zero-order valence-corrected chi connectivity index (χ0v) is 21.8. The molecule has 1 fully saturated rings. The zero-order chi connectivity index (χ0) is 25.1. The van der Waals surface area contributed by atoms with Gasteiger partial charge in [0, 0.05) is 47.4 Å². The number of nitrogens with one attached hydrogen (secondary N) is 3. The highest BCUT2D eigenvalue weighted by molar-refractivity contribution is 6.35. The van der Waals surface area contributed by atoms with Gasteiger partial charge < -0.3 is 10.6 Å². The molecular weight excluding hydrogens is 521 g/mol. The molecule has 1 amide bonds. The summed E-state index contributed by atoms with van der Waals surface area (Å²) < 4.78 is 1.70. The van der Waals surface area contributed by atoms with Crippen LogP contribution in [0.25, 0.3) is 16.9 Å². The number of amides is 1. The second-order valence-electron chi connectivity index (χ2n) is 8.69. The van der Waals surface area contributed by atoms with Crippen LogP contribution in [0.3, 0.4) is 0 Å². The van der Waals surface area contributed by atoms with Gasteiger partial charge in [0.25, 0.3) is 5.91 Å². The molecule has 1 aromatic heterocycles. The Balaban J connectivity index is 1.63. The first kappa shape index (κ1) is 24.9. The minimum Gasteiger partial charge on any atom is -0.355 e. The molecule has 2 aromatic carbocycles. The fourth-order valence-corrected chi connectivity index (χ4v) is 5.04. The Morgan fingerprint density at radius 2 is 1.75 bits per heavy atom. The van der Waals surface area contributed by atoms with E-state index in [1.54, 1.807) is 22.9 Å². The standard InChI is InChI=1S/C25H26Cl3N7O/c26-17-6-4-16(5-7-17)23-19(15-31-25-29-10-11-30-25)22(24(36)33-34-12-2-1-3-13-34)32-35(23)21-9-8-18(27)14-20(21)28/h4-9,14H,1-3,10-13,15H2,(H,33,36)(H2,29,30,31). The van der Waals surface area contributed by atoms with Gasteiger partial charge in [-0.2, -0.15) is 5.10 Å².